The second-order valence-electron chi connectivity index (χ2n) is 5.30. The minimum atomic E-state index is -0.324. The Labute approximate surface area is 160 Å². The quantitative estimate of drug-likeness (QED) is 0.645. The van der Waals surface area contributed by atoms with Gasteiger partial charge in [0.1, 0.15) is 5.82 Å². The fourth-order valence-electron chi connectivity index (χ4n) is 2.22. The summed E-state index contributed by atoms with van der Waals surface area (Å²) in [6.45, 7) is 0. The summed E-state index contributed by atoms with van der Waals surface area (Å²) in [4.78, 5) is 16.5. The van der Waals surface area contributed by atoms with Gasteiger partial charge in [0, 0.05) is 11.9 Å². The molecular formula is C19H12Cl2N4O. The first-order valence-electron chi connectivity index (χ1n) is 7.55. The fourth-order valence-corrected chi connectivity index (χ4v) is 2.71. The first-order valence-corrected chi connectivity index (χ1v) is 8.31. The van der Waals surface area contributed by atoms with Crippen LogP contribution in [0.25, 0.3) is 0 Å². The molecule has 2 aromatic carbocycles. The van der Waals surface area contributed by atoms with Crippen molar-refractivity contribution in [3.63, 3.8) is 0 Å². The molecule has 3 aromatic rings. The predicted molar refractivity (Wildman–Crippen MR) is 103 cm³/mol. The van der Waals surface area contributed by atoms with Gasteiger partial charge in [-0.25, -0.2) is 4.98 Å². The van der Waals surface area contributed by atoms with E-state index in [1.54, 1.807) is 54.6 Å². The number of hydrogen-bond donors (Lipinski definition) is 2. The van der Waals surface area contributed by atoms with Gasteiger partial charge in [0.05, 0.1) is 32.9 Å². The average molecular weight is 383 g/mol. The highest BCUT2D eigenvalue weighted by Crippen LogP contribution is 2.31. The normalized spacial score (nSPS) is 10.0. The molecule has 0 aliphatic rings. The molecule has 5 nitrogen and oxygen atoms in total. The molecule has 0 saturated heterocycles. The van der Waals surface area contributed by atoms with Crippen LogP contribution in [0.1, 0.15) is 15.9 Å². The van der Waals surface area contributed by atoms with Crippen molar-refractivity contribution < 1.29 is 4.79 Å². The molecule has 0 bridgehead atoms. The molecule has 1 heterocycles. The zero-order valence-electron chi connectivity index (χ0n) is 13.3. The second-order valence-corrected chi connectivity index (χ2v) is 6.11. The Bertz CT molecular complexity index is 977. The molecule has 0 saturated carbocycles. The molecule has 0 aliphatic heterocycles. The summed E-state index contributed by atoms with van der Waals surface area (Å²) in [5.41, 5.74) is 1.94. The van der Waals surface area contributed by atoms with Crippen LogP contribution in [0.5, 0.6) is 0 Å². The Morgan fingerprint density at radius 2 is 1.77 bits per heavy atom. The molecule has 1 amide bonds. The number of para-hydroxylation sites is 1. The van der Waals surface area contributed by atoms with Gasteiger partial charge in [0.15, 0.2) is 0 Å². The summed E-state index contributed by atoms with van der Waals surface area (Å²) in [7, 11) is 0. The number of rotatable bonds is 4. The number of carbonyl (C=O) groups is 1. The number of aromatic nitrogens is 1. The van der Waals surface area contributed by atoms with Gasteiger partial charge in [0.2, 0.25) is 0 Å². The van der Waals surface area contributed by atoms with Crippen LogP contribution in [0.2, 0.25) is 10.0 Å². The summed E-state index contributed by atoms with van der Waals surface area (Å²) in [6.07, 6.45) is 1.44. The largest absolute Gasteiger partial charge is 0.338 e. The molecule has 0 atom stereocenters. The Kier molecular flexibility index (Phi) is 5.37. The van der Waals surface area contributed by atoms with Gasteiger partial charge in [-0.05, 0) is 42.5 Å². The van der Waals surface area contributed by atoms with E-state index in [0.29, 0.717) is 38.4 Å². The van der Waals surface area contributed by atoms with Crippen molar-refractivity contribution in [2.75, 3.05) is 10.6 Å². The number of pyridine rings is 1. The number of halogens is 2. The van der Waals surface area contributed by atoms with Crippen LogP contribution in [0.4, 0.5) is 17.2 Å². The molecule has 128 valence electrons. The van der Waals surface area contributed by atoms with E-state index in [2.05, 4.69) is 15.6 Å². The van der Waals surface area contributed by atoms with Gasteiger partial charge >= 0.3 is 0 Å². The maximum Gasteiger partial charge on any atom is 0.257 e. The van der Waals surface area contributed by atoms with Crippen molar-refractivity contribution in [1.29, 1.82) is 5.26 Å². The number of carbonyl (C=O) groups excluding carboxylic acids is 1. The minimum absolute atomic E-state index is 0.324. The average Bonchev–Trinajstić information content (AvgIpc) is 2.65. The number of nitriles is 1. The second kappa shape index (κ2) is 7.87. The summed E-state index contributed by atoms with van der Waals surface area (Å²) in [5, 5.41) is 15.6. The monoisotopic (exact) mass is 382 g/mol. The SMILES string of the molecule is N#Cc1cccc(NC(=O)c2ccc(Nc3c(Cl)cccc3Cl)nc2)c1. The molecule has 3 rings (SSSR count). The molecule has 0 unspecified atom stereocenters. The summed E-state index contributed by atoms with van der Waals surface area (Å²) >= 11 is 12.2. The van der Waals surface area contributed by atoms with Crippen molar-refractivity contribution in [1.82, 2.24) is 4.98 Å². The van der Waals surface area contributed by atoms with Gasteiger partial charge in [-0.15, -0.1) is 0 Å². The molecule has 0 aliphatic carbocycles. The van der Waals surface area contributed by atoms with Crippen LogP contribution < -0.4 is 10.6 Å². The third kappa shape index (κ3) is 4.12. The third-order valence-corrected chi connectivity index (χ3v) is 4.12. The van der Waals surface area contributed by atoms with Crippen molar-refractivity contribution in [2.45, 2.75) is 0 Å². The lowest BCUT2D eigenvalue weighted by atomic mass is 10.2. The van der Waals surface area contributed by atoms with E-state index in [1.165, 1.54) is 6.20 Å². The first-order chi connectivity index (χ1) is 12.6. The zero-order valence-corrected chi connectivity index (χ0v) is 14.8. The Morgan fingerprint density at radius 3 is 2.42 bits per heavy atom. The van der Waals surface area contributed by atoms with E-state index >= 15 is 0 Å². The molecule has 0 fully saturated rings. The molecular weight excluding hydrogens is 371 g/mol. The van der Waals surface area contributed by atoms with Gasteiger partial charge in [0.25, 0.3) is 5.91 Å². The van der Waals surface area contributed by atoms with Crippen LogP contribution in [0.3, 0.4) is 0 Å². The maximum atomic E-state index is 12.3. The number of benzene rings is 2. The van der Waals surface area contributed by atoms with Crippen molar-refractivity contribution in [3.05, 3.63) is 82.0 Å². The van der Waals surface area contributed by atoms with Crippen LogP contribution >= 0.6 is 23.2 Å². The highest BCUT2D eigenvalue weighted by Gasteiger charge is 2.09. The minimum Gasteiger partial charge on any atom is -0.338 e. The van der Waals surface area contributed by atoms with Crippen molar-refractivity contribution in [3.8, 4) is 6.07 Å². The van der Waals surface area contributed by atoms with E-state index in [-0.39, 0.29) is 5.91 Å². The smallest absolute Gasteiger partial charge is 0.257 e. The number of nitrogens with one attached hydrogen (secondary N) is 2. The van der Waals surface area contributed by atoms with E-state index < -0.39 is 0 Å². The van der Waals surface area contributed by atoms with Crippen molar-refractivity contribution >= 4 is 46.3 Å². The number of amides is 1. The Balaban J connectivity index is 1.73. The van der Waals surface area contributed by atoms with Crippen LogP contribution in [0, 0.1) is 11.3 Å². The van der Waals surface area contributed by atoms with Crippen LogP contribution in [-0.2, 0) is 0 Å². The van der Waals surface area contributed by atoms with E-state index in [9.17, 15) is 4.79 Å². The van der Waals surface area contributed by atoms with E-state index in [0.717, 1.165) is 0 Å². The molecule has 1 aromatic heterocycles. The van der Waals surface area contributed by atoms with Gasteiger partial charge in [-0.3, -0.25) is 4.79 Å². The first kappa shape index (κ1) is 17.7. The molecule has 7 heteroatoms. The van der Waals surface area contributed by atoms with Crippen molar-refractivity contribution in [2.24, 2.45) is 0 Å². The highest BCUT2D eigenvalue weighted by molar-refractivity contribution is 6.39. The number of nitrogens with zero attached hydrogens (tertiary/aromatic N) is 2. The lowest BCUT2D eigenvalue weighted by Gasteiger charge is -2.10. The van der Waals surface area contributed by atoms with Gasteiger partial charge in [-0.2, -0.15) is 5.26 Å². The molecule has 0 spiro atoms. The van der Waals surface area contributed by atoms with E-state index in [1.807, 2.05) is 6.07 Å². The lowest BCUT2D eigenvalue weighted by molar-refractivity contribution is 0.102. The van der Waals surface area contributed by atoms with Crippen LogP contribution in [-0.4, -0.2) is 10.9 Å². The molecule has 26 heavy (non-hydrogen) atoms. The van der Waals surface area contributed by atoms with E-state index in [4.69, 9.17) is 28.5 Å². The summed E-state index contributed by atoms with van der Waals surface area (Å²) in [5.74, 6) is 0.179. The summed E-state index contributed by atoms with van der Waals surface area (Å²) < 4.78 is 0. The molecule has 0 radical (unpaired) electrons. The molecule has 2 N–H and O–H groups in total. The number of anilines is 3. The number of hydrogen-bond acceptors (Lipinski definition) is 4. The predicted octanol–water partition coefficient (Wildman–Crippen LogP) is 5.26. The topological polar surface area (TPSA) is 77.8 Å². The third-order valence-electron chi connectivity index (χ3n) is 3.49. The Hall–Kier alpha value is -3.07. The highest BCUT2D eigenvalue weighted by atomic mass is 35.5. The van der Waals surface area contributed by atoms with Gasteiger partial charge in [-0.1, -0.05) is 35.3 Å². The lowest BCUT2D eigenvalue weighted by Crippen LogP contribution is -2.12. The zero-order chi connectivity index (χ0) is 18.5. The standard InChI is InChI=1S/C19H12Cl2N4O/c20-15-5-2-6-16(21)18(15)25-17-8-7-13(11-23-17)19(26)24-14-4-1-3-12(9-14)10-22/h1-9,11H,(H,23,25)(H,24,26). The van der Waals surface area contributed by atoms with Gasteiger partial charge < -0.3 is 10.6 Å². The maximum absolute atomic E-state index is 12.3. The fraction of sp³-hybridized carbons (Fsp3) is 0. The Morgan fingerprint density at radius 1 is 1.04 bits per heavy atom. The van der Waals surface area contributed by atoms with Crippen LogP contribution in [0.15, 0.2) is 60.8 Å². The summed E-state index contributed by atoms with van der Waals surface area (Å²) in [6, 6.07) is 17.2.